The van der Waals surface area contributed by atoms with E-state index in [0.717, 1.165) is 0 Å². The molecule has 3 nitrogen and oxygen atoms in total. The molecule has 0 aromatic heterocycles. The molecule has 0 aliphatic carbocycles. The normalized spacial score (nSPS) is 12.7. The molecule has 250 valence electrons. The number of alkyl halides is 3. The van der Waals surface area contributed by atoms with Gasteiger partial charge in [0, 0.05) is 22.3 Å². The van der Waals surface area contributed by atoms with Gasteiger partial charge in [0.05, 0.1) is 0 Å². The smallest absolute Gasteiger partial charge is 0.485 e. The van der Waals surface area contributed by atoms with Crippen molar-refractivity contribution in [3.63, 3.8) is 0 Å². The van der Waals surface area contributed by atoms with Gasteiger partial charge in [-0.25, -0.2) is 8.42 Å². The van der Waals surface area contributed by atoms with E-state index in [1.165, 1.54) is 38.3 Å². The van der Waals surface area contributed by atoms with Gasteiger partial charge in [-0.2, -0.15) is 13.2 Å². The van der Waals surface area contributed by atoms with Gasteiger partial charge in [0.25, 0.3) is 0 Å². The van der Waals surface area contributed by atoms with Crippen molar-refractivity contribution >= 4 is 21.0 Å². The Morgan fingerprint density at radius 2 is 0.822 bits per heavy atom. The topological polar surface area (TPSA) is 57.2 Å². The van der Waals surface area contributed by atoms with Crippen LogP contribution in [0.15, 0.2) is 69.3 Å². The lowest BCUT2D eigenvalue weighted by Crippen LogP contribution is -2.21. The quantitative estimate of drug-likeness (QED) is 0.130. The molecule has 0 saturated heterocycles. The lowest BCUT2D eigenvalue weighted by Gasteiger charge is -2.26. The molecule has 8 heteroatoms. The van der Waals surface area contributed by atoms with Crippen LogP contribution >= 0.6 is 0 Å². The first-order valence-electron chi connectivity index (χ1n) is 15.8. The van der Waals surface area contributed by atoms with E-state index in [0.29, 0.717) is 35.5 Å². The molecule has 0 heterocycles. The van der Waals surface area contributed by atoms with Gasteiger partial charge >= 0.3 is 5.51 Å². The highest BCUT2D eigenvalue weighted by Crippen LogP contribution is 2.47. The van der Waals surface area contributed by atoms with E-state index in [2.05, 4.69) is 138 Å². The van der Waals surface area contributed by atoms with Crippen LogP contribution in [-0.2, 0) is 21.0 Å². The van der Waals surface area contributed by atoms with Crippen LogP contribution in [0.4, 0.5) is 13.2 Å². The van der Waals surface area contributed by atoms with Crippen LogP contribution in [-0.4, -0.2) is 18.5 Å². The molecule has 0 N–H and O–H groups in total. The molecule has 3 rings (SSSR count). The molecule has 0 saturated carbocycles. The Bertz CT molecular complexity index is 1390. The molecule has 0 fully saturated rings. The van der Waals surface area contributed by atoms with E-state index in [-0.39, 0.29) is 10.9 Å². The third-order valence-electron chi connectivity index (χ3n) is 7.83. The fourth-order valence-corrected chi connectivity index (χ4v) is 8.37. The van der Waals surface area contributed by atoms with Crippen LogP contribution in [0.5, 0.6) is 0 Å². The highest BCUT2D eigenvalue weighted by molar-refractivity contribution is 7.97. The summed E-state index contributed by atoms with van der Waals surface area (Å²) in [7, 11) is -6.28. The lowest BCUT2D eigenvalue weighted by molar-refractivity contribution is -0.0517. The highest BCUT2D eigenvalue weighted by Gasteiger charge is 2.40. The Hall–Kier alpha value is -2.29. The Balaban J connectivity index is 0.000000777. The van der Waals surface area contributed by atoms with E-state index in [4.69, 9.17) is 13.0 Å². The zero-order valence-corrected chi connectivity index (χ0v) is 30.5. The summed E-state index contributed by atoms with van der Waals surface area (Å²) in [5, 5.41) is 0. The molecule has 0 atom stereocenters. The summed E-state index contributed by atoms with van der Waals surface area (Å²) in [6.45, 7) is 28.4. The Kier molecular flexibility index (Phi) is 13.4. The second kappa shape index (κ2) is 15.5. The molecule has 0 aliphatic rings. The van der Waals surface area contributed by atoms with Gasteiger partial charge in [0.2, 0.25) is 0 Å². The second-order valence-electron chi connectivity index (χ2n) is 13.5. The Morgan fingerprint density at radius 3 is 1.02 bits per heavy atom. The van der Waals surface area contributed by atoms with Crippen LogP contribution in [0.3, 0.4) is 0 Å². The Labute approximate surface area is 273 Å². The molecule has 0 amide bonds. The number of rotatable bonds is 9. The van der Waals surface area contributed by atoms with E-state index < -0.39 is 15.6 Å². The minimum atomic E-state index is -6.09. The SMILES string of the molecule is CC(C)c1cc(C(C)C)c([S+](c2ccccc2)c2c(C(C)C)cc(C(C)C)cc2C(C)C)c(C(C)C)c1.O=S(=O)([O-])C(F)(F)F. The molecule has 45 heavy (non-hydrogen) atoms. The molecule has 3 aromatic rings. The Morgan fingerprint density at radius 1 is 0.556 bits per heavy atom. The summed E-state index contributed by atoms with van der Waals surface area (Å²) in [6, 6.07) is 21.5. The molecular weight excluding hydrogens is 614 g/mol. The zero-order chi connectivity index (χ0) is 34.6. The third kappa shape index (κ3) is 9.61. The van der Waals surface area contributed by atoms with Crippen LogP contribution in [0.25, 0.3) is 0 Å². The standard InChI is InChI=1S/C36H51S.CHF3O3S/c1-22(2)28-18-31(24(5)6)35(32(19-28)25(7)8)37(30-16-14-13-15-17-30)36-33(26(9)10)20-29(23(3)4)21-34(36)27(11)12;2-1(3,4)8(5,6)7/h13-27H,1-12H3;(H,5,6,7)/q+1;/p-1. The number of benzene rings is 3. The largest absolute Gasteiger partial charge is 0.741 e. The van der Waals surface area contributed by atoms with E-state index >= 15 is 0 Å². The van der Waals surface area contributed by atoms with Gasteiger partial charge in [-0.3, -0.25) is 0 Å². The van der Waals surface area contributed by atoms with Crippen LogP contribution in [0, 0.1) is 0 Å². The maximum atomic E-state index is 10.7. The van der Waals surface area contributed by atoms with E-state index in [1.54, 1.807) is 9.79 Å². The molecular formula is C37H51F3O3S2. The van der Waals surface area contributed by atoms with Crippen molar-refractivity contribution in [2.45, 2.75) is 139 Å². The van der Waals surface area contributed by atoms with Crippen molar-refractivity contribution < 1.29 is 26.1 Å². The van der Waals surface area contributed by atoms with Gasteiger partial charge < -0.3 is 4.55 Å². The van der Waals surface area contributed by atoms with Crippen LogP contribution < -0.4 is 0 Å². The average molecular weight is 665 g/mol. The van der Waals surface area contributed by atoms with Gasteiger partial charge in [0.1, 0.15) is 10.9 Å². The lowest BCUT2D eigenvalue weighted by atomic mass is 9.89. The van der Waals surface area contributed by atoms with Gasteiger partial charge in [-0.15, -0.1) is 0 Å². The second-order valence-corrected chi connectivity index (χ2v) is 16.8. The summed E-state index contributed by atoms with van der Waals surface area (Å²) in [5.41, 5.74) is 3.40. The van der Waals surface area contributed by atoms with Gasteiger partial charge in [-0.1, -0.05) is 126 Å². The number of hydrogen-bond acceptors (Lipinski definition) is 3. The van der Waals surface area contributed by atoms with Crippen LogP contribution in [0.2, 0.25) is 0 Å². The predicted octanol–water partition coefficient (Wildman–Crippen LogP) is 11.6. The summed E-state index contributed by atoms with van der Waals surface area (Å²) in [4.78, 5) is 4.58. The molecule has 0 unspecified atom stereocenters. The minimum Gasteiger partial charge on any atom is -0.741 e. The first-order chi connectivity index (χ1) is 20.6. The minimum absolute atomic E-state index is 0.186. The van der Waals surface area contributed by atoms with E-state index in [1.807, 2.05) is 0 Å². The molecule has 3 aromatic carbocycles. The highest BCUT2D eigenvalue weighted by atomic mass is 32.2. The van der Waals surface area contributed by atoms with Crippen molar-refractivity contribution in [3.05, 3.63) is 88.0 Å². The predicted molar refractivity (Wildman–Crippen MR) is 182 cm³/mol. The van der Waals surface area contributed by atoms with Crippen molar-refractivity contribution in [1.29, 1.82) is 0 Å². The summed E-state index contributed by atoms with van der Waals surface area (Å²) in [5.74, 6) is 2.89. The van der Waals surface area contributed by atoms with Crippen molar-refractivity contribution in [2.24, 2.45) is 0 Å². The first kappa shape index (κ1) is 38.9. The molecule has 0 aliphatic heterocycles. The summed E-state index contributed by atoms with van der Waals surface area (Å²) in [6.07, 6.45) is 0. The van der Waals surface area contributed by atoms with Crippen molar-refractivity contribution in [2.75, 3.05) is 0 Å². The van der Waals surface area contributed by atoms with Gasteiger partial charge in [-0.05, 0) is 58.8 Å². The maximum absolute atomic E-state index is 10.7. The average Bonchev–Trinajstić information content (AvgIpc) is 2.92. The van der Waals surface area contributed by atoms with Crippen LogP contribution in [0.1, 0.15) is 152 Å². The maximum Gasteiger partial charge on any atom is 0.485 e. The summed E-state index contributed by atoms with van der Waals surface area (Å²) >= 11 is 0. The first-order valence-corrected chi connectivity index (χ1v) is 18.4. The van der Waals surface area contributed by atoms with Gasteiger partial charge in [0.15, 0.2) is 24.8 Å². The third-order valence-corrected chi connectivity index (χ3v) is 10.9. The molecule has 0 bridgehead atoms. The molecule has 0 spiro atoms. The van der Waals surface area contributed by atoms with Crippen molar-refractivity contribution in [1.82, 2.24) is 0 Å². The fourth-order valence-electron chi connectivity index (χ4n) is 5.14. The fraction of sp³-hybridized carbons (Fsp3) is 0.514. The zero-order valence-electron chi connectivity index (χ0n) is 28.8. The van der Waals surface area contributed by atoms with E-state index in [9.17, 15) is 13.2 Å². The molecule has 0 radical (unpaired) electrons. The monoisotopic (exact) mass is 664 g/mol. The summed E-state index contributed by atoms with van der Waals surface area (Å²) < 4.78 is 58.9. The number of halogens is 3. The van der Waals surface area contributed by atoms with Crippen molar-refractivity contribution in [3.8, 4) is 0 Å². The number of hydrogen-bond donors (Lipinski definition) is 0.